The third-order valence-corrected chi connectivity index (χ3v) is 3.88. The number of carbonyl (C=O) groups is 1. The van der Waals surface area contributed by atoms with Gasteiger partial charge in [-0.1, -0.05) is 24.3 Å². The van der Waals surface area contributed by atoms with Gasteiger partial charge < -0.3 is 19.2 Å². The largest absolute Gasteiger partial charge is 0.508 e. The molecule has 0 bridgehead atoms. The third-order valence-electron chi connectivity index (χ3n) is 3.88. The van der Waals surface area contributed by atoms with Crippen molar-refractivity contribution in [1.29, 1.82) is 0 Å². The van der Waals surface area contributed by atoms with Crippen molar-refractivity contribution in [2.24, 2.45) is 0 Å². The molecule has 0 fully saturated rings. The summed E-state index contributed by atoms with van der Waals surface area (Å²) in [4.78, 5) is 14.6. The van der Waals surface area contributed by atoms with E-state index >= 15 is 0 Å². The Morgan fingerprint density at radius 2 is 1.92 bits per heavy atom. The molecule has 0 atom stereocenters. The zero-order valence-corrected chi connectivity index (χ0v) is 13.9. The summed E-state index contributed by atoms with van der Waals surface area (Å²) < 4.78 is 10.6. The van der Waals surface area contributed by atoms with Gasteiger partial charge in [-0.25, -0.2) is 0 Å². The minimum absolute atomic E-state index is 0.158. The van der Waals surface area contributed by atoms with Crippen LogP contribution in [0.15, 0.2) is 71.3 Å². The van der Waals surface area contributed by atoms with Crippen LogP contribution in [0.5, 0.6) is 11.5 Å². The summed E-state index contributed by atoms with van der Waals surface area (Å²) >= 11 is 0. The standard InChI is InChI=1S/C20H19NO4/c1-24-17-8-4-7-15(12-17)20(23)21(14-18-9-5-11-25-18)13-16-6-2-3-10-19(16)22/h2-12,22H,13-14H2,1H3. The number of methoxy groups -OCH3 is 1. The quantitative estimate of drug-likeness (QED) is 0.742. The molecule has 0 saturated carbocycles. The van der Waals surface area contributed by atoms with Gasteiger partial charge in [0.2, 0.25) is 0 Å². The van der Waals surface area contributed by atoms with E-state index in [2.05, 4.69) is 0 Å². The fourth-order valence-corrected chi connectivity index (χ4v) is 2.58. The van der Waals surface area contributed by atoms with Gasteiger partial charge in [-0.15, -0.1) is 0 Å². The number of furan rings is 1. The lowest BCUT2D eigenvalue weighted by molar-refractivity contribution is 0.0716. The Kier molecular flexibility index (Phi) is 5.04. The van der Waals surface area contributed by atoms with Crippen LogP contribution in [0.1, 0.15) is 21.7 Å². The molecule has 1 aromatic heterocycles. The van der Waals surface area contributed by atoms with E-state index in [1.54, 1.807) is 66.8 Å². The van der Waals surface area contributed by atoms with Crippen LogP contribution in [-0.2, 0) is 13.1 Å². The molecule has 0 aliphatic heterocycles. The lowest BCUT2D eigenvalue weighted by Crippen LogP contribution is -2.30. The number of hydrogen-bond donors (Lipinski definition) is 1. The second kappa shape index (κ2) is 7.57. The van der Waals surface area contributed by atoms with Crippen molar-refractivity contribution in [1.82, 2.24) is 4.90 Å². The summed E-state index contributed by atoms with van der Waals surface area (Å²) in [5, 5.41) is 10.0. The highest BCUT2D eigenvalue weighted by molar-refractivity contribution is 5.94. The van der Waals surface area contributed by atoms with Crippen LogP contribution in [0.25, 0.3) is 0 Å². The summed E-state index contributed by atoms with van der Waals surface area (Å²) in [5.74, 6) is 1.28. The van der Waals surface area contributed by atoms with Gasteiger partial charge in [-0.2, -0.15) is 0 Å². The minimum Gasteiger partial charge on any atom is -0.508 e. The Bertz CT molecular complexity index is 842. The lowest BCUT2D eigenvalue weighted by Gasteiger charge is -2.22. The van der Waals surface area contributed by atoms with Crippen molar-refractivity contribution < 1.29 is 19.1 Å². The summed E-state index contributed by atoms with van der Waals surface area (Å²) in [6.07, 6.45) is 1.57. The van der Waals surface area contributed by atoms with Crippen LogP contribution in [0.4, 0.5) is 0 Å². The third kappa shape index (κ3) is 4.01. The number of aromatic hydroxyl groups is 1. The van der Waals surface area contributed by atoms with Gasteiger partial charge in [0.1, 0.15) is 17.3 Å². The number of carbonyl (C=O) groups excluding carboxylic acids is 1. The highest BCUT2D eigenvalue weighted by Crippen LogP contribution is 2.22. The van der Waals surface area contributed by atoms with Crippen molar-refractivity contribution in [3.8, 4) is 11.5 Å². The number of phenols is 1. The summed E-state index contributed by atoms with van der Waals surface area (Å²) in [5.41, 5.74) is 1.19. The molecule has 5 heteroatoms. The van der Waals surface area contributed by atoms with Crippen molar-refractivity contribution in [3.05, 3.63) is 83.8 Å². The Hall–Kier alpha value is -3.21. The van der Waals surface area contributed by atoms with Gasteiger partial charge in [0.25, 0.3) is 5.91 Å². The van der Waals surface area contributed by atoms with E-state index in [4.69, 9.17) is 9.15 Å². The first-order chi connectivity index (χ1) is 12.2. The average molecular weight is 337 g/mol. The van der Waals surface area contributed by atoms with Gasteiger partial charge in [0.05, 0.1) is 26.5 Å². The Balaban J connectivity index is 1.89. The first-order valence-electron chi connectivity index (χ1n) is 7.90. The van der Waals surface area contributed by atoms with Gasteiger partial charge >= 0.3 is 0 Å². The van der Waals surface area contributed by atoms with Gasteiger partial charge in [-0.3, -0.25) is 4.79 Å². The molecular formula is C20H19NO4. The normalized spacial score (nSPS) is 10.4. The Labute approximate surface area is 146 Å². The molecule has 2 aromatic carbocycles. The van der Waals surface area contributed by atoms with Crippen LogP contribution in [0.2, 0.25) is 0 Å². The SMILES string of the molecule is COc1cccc(C(=O)N(Cc2ccco2)Cc2ccccc2O)c1. The predicted molar refractivity (Wildman–Crippen MR) is 93.4 cm³/mol. The first-order valence-corrected chi connectivity index (χ1v) is 7.90. The zero-order chi connectivity index (χ0) is 17.6. The van der Waals surface area contributed by atoms with E-state index in [-0.39, 0.29) is 18.2 Å². The molecule has 1 N–H and O–H groups in total. The molecule has 5 nitrogen and oxygen atoms in total. The molecule has 0 aliphatic rings. The predicted octanol–water partition coefficient (Wildman–Crippen LogP) is 3.84. The van der Waals surface area contributed by atoms with E-state index in [9.17, 15) is 9.90 Å². The number of phenolic OH excluding ortho intramolecular Hbond substituents is 1. The molecule has 0 unspecified atom stereocenters. The number of rotatable bonds is 6. The van der Waals surface area contributed by atoms with E-state index in [0.29, 0.717) is 29.2 Å². The van der Waals surface area contributed by atoms with E-state index < -0.39 is 0 Å². The molecule has 0 spiro atoms. The van der Waals surface area contributed by atoms with E-state index in [0.717, 1.165) is 0 Å². The van der Waals surface area contributed by atoms with Crippen molar-refractivity contribution >= 4 is 5.91 Å². The Morgan fingerprint density at radius 1 is 1.08 bits per heavy atom. The lowest BCUT2D eigenvalue weighted by atomic mass is 10.1. The summed E-state index contributed by atoms with van der Waals surface area (Å²) in [6.45, 7) is 0.570. The molecule has 0 aliphatic carbocycles. The molecule has 3 aromatic rings. The second-order valence-electron chi connectivity index (χ2n) is 5.60. The average Bonchev–Trinajstić information content (AvgIpc) is 3.15. The molecule has 0 radical (unpaired) electrons. The van der Waals surface area contributed by atoms with Crippen LogP contribution in [0.3, 0.4) is 0 Å². The molecule has 128 valence electrons. The smallest absolute Gasteiger partial charge is 0.254 e. The second-order valence-corrected chi connectivity index (χ2v) is 5.60. The molecule has 0 saturated heterocycles. The minimum atomic E-state index is -0.168. The topological polar surface area (TPSA) is 62.9 Å². The number of ether oxygens (including phenoxy) is 1. The van der Waals surface area contributed by atoms with E-state index in [1.165, 1.54) is 0 Å². The maximum absolute atomic E-state index is 13.0. The van der Waals surface area contributed by atoms with Crippen molar-refractivity contribution in [3.63, 3.8) is 0 Å². The molecule has 25 heavy (non-hydrogen) atoms. The maximum atomic E-state index is 13.0. The van der Waals surface area contributed by atoms with Crippen LogP contribution in [0, 0.1) is 0 Å². The molecule has 1 heterocycles. The number of para-hydroxylation sites is 1. The number of benzene rings is 2. The highest BCUT2D eigenvalue weighted by Gasteiger charge is 2.19. The van der Waals surface area contributed by atoms with Crippen molar-refractivity contribution in [2.75, 3.05) is 7.11 Å². The monoisotopic (exact) mass is 337 g/mol. The van der Waals surface area contributed by atoms with Gasteiger partial charge in [-0.05, 0) is 36.4 Å². The van der Waals surface area contributed by atoms with Crippen molar-refractivity contribution in [2.45, 2.75) is 13.1 Å². The summed E-state index contributed by atoms with van der Waals surface area (Å²) in [6, 6.07) is 17.6. The van der Waals surface area contributed by atoms with Gasteiger partial charge in [0.15, 0.2) is 0 Å². The van der Waals surface area contributed by atoms with E-state index in [1.807, 2.05) is 12.1 Å². The van der Waals surface area contributed by atoms with Crippen LogP contribution in [-0.4, -0.2) is 23.0 Å². The van der Waals surface area contributed by atoms with Crippen LogP contribution < -0.4 is 4.74 Å². The first kappa shape index (κ1) is 16.6. The molecular weight excluding hydrogens is 318 g/mol. The zero-order valence-electron chi connectivity index (χ0n) is 13.9. The molecule has 3 rings (SSSR count). The number of hydrogen-bond acceptors (Lipinski definition) is 4. The highest BCUT2D eigenvalue weighted by atomic mass is 16.5. The Morgan fingerprint density at radius 3 is 2.64 bits per heavy atom. The fraction of sp³-hybridized carbons (Fsp3) is 0.150. The van der Waals surface area contributed by atoms with Crippen LogP contribution >= 0.6 is 0 Å². The number of nitrogens with zero attached hydrogens (tertiary/aromatic N) is 1. The van der Waals surface area contributed by atoms with Gasteiger partial charge in [0, 0.05) is 11.1 Å². The maximum Gasteiger partial charge on any atom is 0.254 e. The fourth-order valence-electron chi connectivity index (χ4n) is 2.58. The number of amides is 1. The summed E-state index contributed by atoms with van der Waals surface area (Å²) in [7, 11) is 1.56. The molecule has 1 amide bonds.